The number of hydrogen-bond acceptors (Lipinski definition) is 4. The van der Waals surface area contributed by atoms with Gasteiger partial charge in [0.2, 0.25) is 0 Å². The van der Waals surface area contributed by atoms with Crippen molar-refractivity contribution >= 4 is 10.1 Å². The highest BCUT2D eigenvalue weighted by Crippen LogP contribution is 2.14. The minimum absolute atomic E-state index is 0.371. The Kier molecular flexibility index (Phi) is 3.78. The first kappa shape index (κ1) is 12.1. The van der Waals surface area contributed by atoms with Crippen LogP contribution in [0.2, 0.25) is 0 Å². The molecule has 1 aromatic rings. The minimum atomic E-state index is -3.57. The van der Waals surface area contributed by atoms with Gasteiger partial charge in [-0.25, -0.2) is 4.39 Å². The van der Waals surface area contributed by atoms with E-state index in [0.29, 0.717) is 5.56 Å². The average Bonchev–Trinajstić information content (AvgIpc) is 2.14. The molecule has 0 heterocycles. The molecule has 0 bridgehead atoms. The number of hydrogen-bond donors (Lipinski definition) is 1. The van der Waals surface area contributed by atoms with Crippen LogP contribution >= 0.6 is 0 Å². The fraction of sp³-hybridized carbons (Fsp3) is 0.333. The molecule has 0 aliphatic heterocycles. The first-order valence-electron chi connectivity index (χ1n) is 4.16. The summed E-state index contributed by atoms with van der Waals surface area (Å²) in [7, 11) is -3.57. The summed E-state index contributed by atoms with van der Waals surface area (Å²) in [4.78, 5) is 0. The van der Waals surface area contributed by atoms with Crippen molar-refractivity contribution in [2.75, 3.05) is 12.9 Å². The predicted molar refractivity (Wildman–Crippen MR) is 52.2 cm³/mol. The summed E-state index contributed by atoms with van der Waals surface area (Å²) in [6.07, 6.45) is -0.190. The SMILES string of the molecule is CS(=O)(=O)OCC(O)c1ccc(F)cc1. The molecule has 0 saturated heterocycles. The van der Waals surface area contributed by atoms with Crippen LogP contribution in [0.3, 0.4) is 0 Å². The lowest BCUT2D eigenvalue weighted by molar-refractivity contribution is 0.112. The van der Waals surface area contributed by atoms with Gasteiger partial charge in [0.05, 0.1) is 12.9 Å². The summed E-state index contributed by atoms with van der Waals surface area (Å²) in [6.45, 7) is -0.371. The molecule has 0 fully saturated rings. The van der Waals surface area contributed by atoms with Crippen molar-refractivity contribution in [1.29, 1.82) is 0 Å². The Hall–Kier alpha value is -0.980. The van der Waals surface area contributed by atoms with E-state index in [1.54, 1.807) is 0 Å². The number of benzene rings is 1. The van der Waals surface area contributed by atoms with Gasteiger partial charge in [0.25, 0.3) is 10.1 Å². The second kappa shape index (κ2) is 4.69. The molecule has 84 valence electrons. The fourth-order valence-electron chi connectivity index (χ4n) is 0.969. The summed E-state index contributed by atoms with van der Waals surface area (Å²) in [5.74, 6) is -0.421. The third-order valence-electron chi connectivity index (χ3n) is 1.69. The molecule has 6 heteroatoms. The van der Waals surface area contributed by atoms with Crippen LogP contribution in [0.5, 0.6) is 0 Å². The molecule has 1 N–H and O–H groups in total. The van der Waals surface area contributed by atoms with E-state index >= 15 is 0 Å². The zero-order valence-electron chi connectivity index (χ0n) is 8.05. The Morgan fingerprint density at radius 3 is 2.40 bits per heavy atom. The van der Waals surface area contributed by atoms with E-state index < -0.39 is 22.0 Å². The molecule has 0 radical (unpaired) electrons. The van der Waals surface area contributed by atoms with Gasteiger partial charge in [0.1, 0.15) is 11.9 Å². The molecular formula is C9H11FO4S. The van der Waals surface area contributed by atoms with Gasteiger partial charge in [-0.15, -0.1) is 0 Å². The van der Waals surface area contributed by atoms with Crippen LogP contribution in [-0.2, 0) is 14.3 Å². The zero-order valence-corrected chi connectivity index (χ0v) is 8.87. The Labute approximate surface area is 87.4 Å². The van der Waals surface area contributed by atoms with Crippen molar-refractivity contribution in [3.05, 3.63) is 35.6 Å². The topological polar surface area (TPSA) is 63.6 Å². The van der Waals surface area contributed by atoms with E-state index in [1.165, 1.54) is 24.3 Å². The Bertz CT molecular complexity index is 412. The van der Waals surface area contributed by atoms with Crippen LogP contribution in [0.25, 0.3) is 0 Å². The van der Waals surface area contributed by atoms with Gasteiger partial charge >= 0.3 is 0 Å². The van der Waals surface area contributed by atoms with Crippen LogP contribution in [-0.4, -0.2) is 26.4 Å². The lowest BCUT2D eigenvalue weighted by Crippen LogP contribution is -2.11. The van der Waals surface area contributed by atoms with E-state index in [9.17, 15) is 17.9 Å². The third kappa shape index (κ3) is 4.37. The van der Waals surface area contributed by atoms with E-state index in [1.807, 2.05) is 0 Å². The van der Waals surface area contributed by atoms with Crippen molar-refractivity contribution < 1.29 is 22.1 Å². The van der Waals surface area contributed by atoms with Crippen LogP contribution in [0, 0.1) is 5.82 Å². The molecule has 0 aromatic heterocycles. The number of halogens is 1. The molecule has 15 heavy (non-hydrogen) atoms. The van der Waals surface area contributed by atoms with E-state index in [0.717, 1.165) is 6.26 Å². The molecule has 1 unspecified atom stereocenters. The quantitative estimate of drug-likeness (QED) is 0.784. The average molecular weight is 234 g/mol. The maximum absolute atomic E-state index is 12.5. The maximum atomic E-state index is 12.5. The van der Waals surface area contributed by atoms with Gasteiger partial charge in [-0.3, -0.25) is 4.18 Å². The largest absolute Gasteiger partial charge is 0.386 e. The lowest BCUT2D eigenvalue weighted by Gasteiger charge is -2.09. The summed E-state index contributed by atoms with van der Waals surface area (Å²) >= 11 is 0. The summed E-state index contributed by atoms with van der Waals surface area (Å²) < 4.78 is 38.2. The third-order valence-corrected chi connectivity index (χ3v) is 2.26. The number of aliphatic hydroxyl groups is 1. The first-order chi connectivity index (χ1) is 6.88. The highest BCUT2D eigenvalue weighted by Gasteiger charge is 2.11. The van der Waals surface area contributed by atoms with E-state index in [-0.39, 0.29) is 6.61 Å². The van der Waals surface area contributed by atoms with Crippen molar-refractivity contribution in [2.45, 2.75) is 6.10 Å². The van der Waals surface area contributed by atoms with Gasteiger partial charge in [0.15, 0.2) is 0 Å². The molecule has 0 amide bonds. The fourth-order valence-corrected chi connectivity index (χ4v) is 1.35. The maximum Gasteiger partial charge on any atom is 0.264 e. The molecule has 1 aromatic carbocycles. The molecule has 1 rings (SSSR count). The number of rotatable bonds is 4. The smallest absolute Gasteiger partial charge is 0.264 e. The van der Waals surface area contributed by atoms with Gasteiger partial charge in [-0.05, 0) is 17.7 Å². The molecular weight excluding hydrogens is 223 g/mol. The second-order valence-electron chi connectivity index (χ2n) is 3.06. The van der Waals surface area contributed by atoms with Crippen LogP contribution < -0.4 is 0 Å². The Morgan fingerprint density at radius 1 is 1.40 bits per heavy atom. The molecule has 0 saturated carbocycles. The monoisotopic (exact) mass is 234 g/mol. The van der Waals surface area contributed by atoms with Gasteiger partial charge in [-0.2, -0.15) is 8.42 Å². The molecule has 0 spiro atoms. The van der Waals surface area contributed by atoms with Crippen LogP contribution in [0.15, 0.2) is 24.3 Å². The zero-order chi connectivity index (χ0) is 11.5. The van der Waals surface area contributed by atoms with E-state index in [2.05, 4.69) is 4.18 Å². The Balaban J connectivity index is 2.61. The van der Waals surface area contributed by atoms with Crippen molar-refractivity contribution in [1.82, 2.24) is 0 Å². The summed E-state index contributed by atoms with van der Waals surface area (Å²) in [5, 5.41) is 9.46. The second-order valence-corrected chi connectivity index (χ2v) is 4.70. The molecule has 0 aliphatic carbocycles. The highest BCUT2D eigenvalue weighted by atomic mass is 32.2. The van der Waals surface area contributed by atoms with Crippen LogP contribution in [0.4, 0.5) is 4.39 Å². The van der Waals surface area contributed by atoms with Gasteiger partial charge < -0.3 is 5.11 Å². The summed E-state index contributed by atoms with van der Waals surface area (Å²) in [6, 6.07) is 5.09. The van der Waals surface area contributed by atoms with Gasteiger partial charge in [-0.1, -0.05) is 12.1 Å². The van der Waals surface area contributed by atoms with Crippen molar-refractivity contribution in [2.24, 2.45) is 0 Å². The normalized spacial score (nSPS) is 13.8. The molecule has 4 nitrogen and oxygen atoms in total. The van der Waals surface area contributed by atoms with E-state index in [4.69, 9.17) is 0 Å². The first-order valence-corrected chi connectivity index (χ1v) is 5.98. The van der Waals surface area contributed by atoms with Crippen LogP contribution in [0.1, 0.15) is 11.7 Å². The predicted octanol–water partition coefficient (Wildman–Crippen LogP) is 0.835. The standard InChI is InChI=1S/C9H11FO4S/c1-15(12,13)14-6-9(11)7-2-4-8(10)5-3-7/h2-5,9,11H,6H2,1H3. The minimum Gasteiger partial charge on any atom is -0.386 e. The highest BCUT2D eigenvalue weighted by molar-refractivity contribution is 7.85. The van der Waals surface area contributed by atoms with Crippen molar-refractivity contribution in [3.63, 3.8) is 0 Å². The van der Waals surface area contributed by atoms with Gasteiger partial charge in [0, 0.05) is 0 Å². The molecule has 1 atom stereocenters. The lowest BCUT2D eigenvalue weighted by atomic mass is 10.1. The van der Waals surface area contributed by atoms with Crippen molar-refractivity contribution in [3.8, 4) is 0 Å². The number of aliphatic hydroxyl groups excluding tert-OH is 1. The Morgan fingerprint density at radius 2 is 1.93 bits per heavy atom. The summed E-state index contributed by atoms with van der Waals surface area (Å²) in [5.41, 5.74) is 0.403. The molecule has 0 aliphatic rings.